The molecule has 0 N–H and O–H groups in total. The number of benzene rings is 2. The number of aromatic nitrogens is 4. The van der Waals surface area contributed by atoms with Crippen molar-refractivity contribution in [3.05, 3.63) is 94.8 Å². The average molecular weight is 417 g/mol. The van der Waals surface area contributed by atoms with Crippen molar-refractivity contribution in [2.24, 2.45) is 0 Å². The number of nitro benzene ring substituents is 1. The largest absolute Gasteiger partial charge is 0.293 e. The number of non-ortho nitro benzene ring substituents is 1. The van der Waals surface area contributed by atoms with E-state index in [1.54, 1.807) is 18.5 Å². The molecule has 2 heterocycles. The Hall–Kier alpha value is -3.85. The summed E-state index contributed by atoms with van der Waals surface area (Å²) in [7, 11) is 0. The van der Waals surface area contributed by atoms with Gasteiger partial charge in [0, 0.05) is 41.3 Å². The van der Waals surface area contributed by atoms with Crippen LogP contribution in [0.1, 0.15) is 10.4 Å². The fourth-order valence-electron chi connectivity index (χ4n) is 2.86. The topological polar surface area (TPSA) is 104 Å². The highest BCUT2D eigenvalue weighted by Gasteiger charge is 2.18. The molecule has 0 atom stereocenters. The van der Waals surface area contributed by atoms with Gasteiger partial charge in [0.15, 0.2) is 16.8 Å². The summed E-state index contributed by atoms with van der Waals surface area (Å²) < 4.78 is 1.86. The first kappa shape index (κ1) is 19.5. The SMILES string of the molecule is O=C(CSc1nnc(-c2cccnc2)n1-c1ccccc1)c1cccc([N+](=O)[O-])c1. The van der Waals surface area contributed by atoms with Gasteiger partial charge in [-0.1, -0.05) is 42.1 Å². The zero-order valence-electron chi connectivity index (χ0n) is 15.6. The highest BCUT2D eigenvalue weighted by atomic mass is 32.2. The molecular formula is C21H15N5O3S. The normalized spacial score (nSPS) is 10.7. The second-order valence-electron chi connectivity index (χ2n) is 6.24. The Labute approximate surface area is 175 Å². The smallest absolute Gasteiger partial charge is 0.270 e. The van der Waals surface area contributed by atoms with Gasteiger partial charge >= 0.3 is 0 Å². The number of carbonyl (C=O) groups is 1. The van der Waals surface area contributed by atoms with Crippen molar-refractivity contribution in [3.8, 4) is 17.1 Å². The molecule has 4 rings (SSSR count). The number of nitrogens with zero attached hydrogens (tertiary/aromatic N) is 5. The van der Waals surface area contributed by atoms with Crippen molar-refractivity contribution >= 4 is 23.2 Å². The van der Waals surface area contributed by atoms with E-state index in [1.165, 1.54) is 30.0 Å². The number of nitro groups is 1. The fraction of sp³-hybridized carbons (Fsp3) is 0.0476. The monoisotopic (exact) mass is 417 g/mol. The van der Waals surface area contributed by atoms with Crippen LogP contribution >= 0.6 is 11.8 Å². The Morgan fingerprint density at radius 3 is 2.60 bits per heavy atom. The minimum atomic E-state index is -0.518. The lowest BCUT2D eigenvalue weighted by Crippen LogP contribution is -2.05. The van der Waals surface area contributed by atoms with Crippen LogP contribution in [0.5, 0.6) is 0 Å². The molecular weight excluding hydrogens is 402 g/mol. The summed E-state index contributed by atoms with van der Waals surface area (Å²) in [6, 6.07) is 19.0. The van der Waals surface area contributed by atoms with Crippen LogP contribution in [-0.4, -0.2) is 36.2 Å². The molecule has 8 nitrogen and oxygen atoms in total. The van der Waals surface area contributed by atoms with Crippen molar-refractivity contribution in [1.29, 1.82) is 0 Å². The zero-order valence-corrected chi connectivity index (χ0v) is 16.4. The predicted octanol–water partition coefficient (Wildman–Crippen LogP) is 4.21. The van der Waals surface area contributed by atoms with Crippen molar-refractivity contribution in [2.75, 3.05) is 5.75 Å². The van der Waals surface area contributed by atoms with Crippen LogP contribution in [0.15, 0.2) is 84.3 Å². The molecule has 0 radical (unpaired) electrons. The molecule has 0 aliphatic heterocycles. The molecule has 2 aromatic heterocycles. The van der Waals surface area contributed by atoms with Crippen molar-refractivity contribution in [3.63, 3.8) is 0 Å². The highest BCUT2D eigenvalue weighted by molar-refractivity contribution is 7.99. The van der Waals surface area contributed by atoms with Crippen LogP contribution in [0.4, 0.5) is 5.69 Å². The quantitative estimate of drug-likeness (QED) is 0.192. The Kier molecular flexibility index (Phi) is 5.62. The second kappa shape index (κ2) is 8.66. The second-order valence-corrected chi connectivity index (χ2v) is 7.18. The van der Waals surface area contributed by atoms with Crippen molar-refractivity contribution in [1.82, 2.24) is 19.7 Å². The molecule has 9 heteroatoms. The van der Waals surface area contributed by atoms with E-state index in [0.29, 0.717) is 11.0 Å². The van der Waals surface area contributed by atoms with Gasteiger partial charge < -0.3 is 0 Å². The van der Waals surface area contributed by atoms with Gasteiger partial charge in [-0.15, -0.1) is 10.2 Å². The summed E-state index contributed by atoms with van der Waals surface area (Å²) in [5, 5.41) is 20.1. The predicted molar refractivity (Wildman–Crippen MR) is 113 cm³/mol. The molecule has 148 valence electrons. The van der Waals surface area contributed by atoms with Gasteiger partial charge in [-0.3, -0.25) is 24.5 Å². The molecule has 0 unspecified atom stereocenters. The number of pyridine rings is 1. The number of rotatable bonds is 7. The van der Waals surface area contributed by atoms with Crippen molar-refractivity contribution < 1.29 is 9.72 Å². The minimum Gasteiger partial charge on any atom is -0.293 e. The van der Waals surface area contributed by atoms with Gasteiger partial charge in [-0.25, -0.2) is 0 Å². The van der Waals surface area contributed by atoms with E-state index >= 15 is 0 Å². The van der Waals surface area contributed by atoms with Crippen LogP contribution in [-0.2, 0) is 0 Å². The lowest BCUT2D eigenvalue weighted by Gasteiger charge is -2.10. The van der Waals surface area contributed by atoms with Gasteiger partial charge in [0.1, 0.15) is 0 Å². The molecule has 0 fully saturated rings. The maximum atomic E-state index is 12.6. The molecule has 0 aliphatic rings. The summed E-state index contributed by atoms with van der Waals surface area (Å²) in [5.74, 6) is 0.452. The summed E-state index contributed by atoms with van der Waals surface area (Å²) in [5.41, 5.74) is 1.82. The van der Waals surface area contributed by atoms with Crippen LogP contribution in [0.2, 0.25) is 0 Å². The minimum absolute atomic E-state index is 0.0686. The first-order valence-electron chi connectivity index (χ1n) is 8.95. The number of para-hydroxylation sites is 1. The van der Waals surface area contributed by atoms with Crippen LogP contribution in [0, 0.1) is 10.1 Å². The van der Waals surface area contributed by atoms with Crippen molar-refractivity contribution in [2.45, 2.75) is 5.16 Å². The van der Waals surface area contributed by atoms with Crippen LogP contribution < -0.4 is 0 Å². The maximum absolute atomic E-state index is 12.6. The van der Waals surface area contributed by atoms with Crippen LogP contribution in [0.3, 0.4) is 0 Å². The Morgan fingerprint density at radius 2 is 1.87 bits per heavy atom. The third kappa shape index (κ3) is 4.11. The van der Waals surface area contributed by atoms with E-state index in [2.05, 4.69) is 15.2 Å². The molecule has 2 aromatic carbocycles. The van der Waals surface area contributed by atoms with E-state index in [9.17, 15) is 14.9 Å². The summed E-state index contributed by atoms with van der Waals surface area (Å²) in [6.45, 7) is 0. The average Bonchev–Trinajstić information content (AvgIpc) is 3.22. The fourth-order valence-corrected chi connectivity index (χ4v) is 3.71. The lowest BCUT2D eigenvalue weighted by atomic mass is 10.1. The number of ketones is 1. The van der Waals surface area contributed by atoms with E-state index in [-0.39, 0.29) is 22.8 Å². The number of thioether (sulfide) groups is 1. The number of Topliss-reactive ketones (excluding diaryl/α,β-unsaturated/α-hetero) is 1. The molecule has 0 aliphatic carbocycles. The molecule has 0 amide bonds. The number of carbonyl (C=O) groups excluding carboxylic acids is 1. The third-order valence-electron chi connectivity index (χ3n) is 4.28. The molecule has 30 heavy (non-hydrogen) atoms. The van der Waals surface area contributed by atoms with E-state index in [4.69, 9.17) is 0 Å². The molecule has 0 saturated heterocycles. The summed E-state index contributed by atoms with van der Waals surface area (Å²) in [6.07, 6.45) is 3.38. The van der Waals surface area contributed by atoms with Gasteiger partial charge in [0.05, 0.1) is 10.7 Å². The third-order valence-corrected chi connectivity index (χ3v) is 5.21. The Balaban J connectivity index is 1.63. The first-order chi connectivity index (χ1) is 14.6. The van der Waals surface area contributed by atoms with E-state index in [1.807, 2.05) is 47.0 Å². The van der Waals surface area contributed by atoms with Crippen LogP contribution in [0.25, 0.3) is 17.1 Å². The molecule has 0 spiro atoms. The lowest BCUT2D eigenvalue weighted by molar-refractivity contribution is -0.384. The number of hydrogen-bond donors (Lipinski definition) is 0. The molecule has 0 bridgehead atoms. The van der Waals surface area contributed by atoms with Gasteiger partial charge in [0.2, 0.25) is 0 Å². The van der Waals surface area contributed by atoms with Gasteiger partial charge in [-0.05, 0) is 24.3 Å². The Bertz CT molecular complexity index is 1200. The zero-order chi connectivity index (χ0) is 20.9. The highest BCUT2D eigenvalue weighted by Crippen LogP contribution is 2.28. The molecule has 0 saturated carbocycles. The van der Waals surface area contributed by atoms with Gasteiger partial charge in [-0.2, -0.15) is 0 Å². The maximum Gasteiger partial charge on any atom is 0.270 e. The Morgan fingerprint density at radius 1 is 1.03 bits per heavy atom. The standard InChI is InChI=1S/C21H15N5O3S/c27-19(15-6-4-10-18(12-15)26(28)29)14-30-21-24-23-20(16-7-5-11-22-13-16)25(21)17-8-2-1-3-9-17/h1-13H,14H2. The first-order valence-corrected chi connectivity index (χ1v) is 9.94. The summed E-state index contributed by atoms with van der Waals surface area (Å²) in [4.78, 5) is 27.2. The van der Waals surface area contributed by atoms with E-state index in [0.717, 1.165) is 11.3 Å². The van der Waals surface area contributed by atoms with E-state index < -0.39 is 4.92 Å². The molecule has 4 aromatic rings. The summed E-state index contributed by atoms with van der Waals surface area (Å²) >= 11 is 1.22. The van der Waals surface area contributed by atoms with Gasteiger partial charge in [0.25, 0.3) is 5.69 Å². The number of hydrogen-bond acceptors (Lipinski definition) is 7.